The number of esters is 3. The van der Waals surface area contributed by atoms with Crippen LogP contribution in [0.3, 0.4) is 0 Å². The van der Waals surface area contributed by atoms with Gasteiger partial charge in [-0.05, 0) is 173 Å². The second-order valence-corrected chi connectivity index (χ2v) is 31.5. The monoisotopic (exact) mass is 1640 g/mol. The van der Waals surface area contributed by atoms with Gasteiger partial charge in [-0.1, -0.05) is 342 Å². The standard InChI is InChI=1S/C97H156O16P2/c1-4-7-10-13-16-19-22-25-28-31-34-37-40-43-45-48-50-53-56-59-62-65-68-71-74-77-80-83-95(100)107-86-92(98)87-109-114(103,104)110-88-93(99)89-111-115(105,106)112-91-94(113-97(102)85-82-79-76-73-70-67-64-61-58-55-52-47-42-39-36-33-30-27-24-21-18-15-12-9-6-3)90-108-96(101)84-81-78-75-72-69-66-63-60-57-54-51-49-46-44-41-38-35-32-29-26-23-20-17-14-11-8-5-2/h7-12,16-21,25-30,34-39,43-47,50-54,58,61,92-94,98-99H,4-6,13-15,22-24,31-33,40-42,48-49,55-57,59-60,62-91H2,1-3H3,(H,103,104)(H,105,106)/b10-7-,11-8-,12-9-,19-16-,20-17-,21-18-,28-25-,29-26-,30-27-,37-34-,38-35-,39-36-,45-43-,46-44-,52-47-,53-50-,54-51-,61-58-. The highest BCUT2D eigenvalue weighted by molar-refractivity contribution is 7.47. The van der Waals surface area contributed by atoms with Gasteiger partial charge in [0.05, 0.1) is 26.4 Å². The lowest BCUT2D eigenvalue weighted by atomic mass is 10.1. The lowest BCUT2D eigenvalue weighted by Gasteiger charge is -2.21. The van der Waals surface area contributed by atoms with Crippen molar-refractivity contribution in [2.45, 2.75) is 334 Å². The van der Waals surface area contributed by atoms with Crippen molar-refractivity contribution < 1.29 is 75.8 Å². The van der Waals surface area contributed by atoms with Gasteiger partial charge in [0.2, 0.25) is 0 Å². The van der Waals surface area contributed by atoms with Crippen molar-refractivity contribution >= 4 is 33.6 Å². The molecule has 5 atom stereocenters. The van der Waals surface area contributed by atoms with E-state index in [2.05, 4.69) is 240 Å². The summed E-state index contributed by atoms with van der Waals surface area (Å²) in [6.07, 6.45) is 118. The first kappa shape index (κ1) is 109. The first-order valence-electron chi connectivity index (χ1n) is 44.0. The van der Waals surface area contributed by atoms with Crippen molar-refractivity contribution in [3.63, 3.8) is 0 Å². The molecule has 0 aliphatic rings. The van der Waals surface area contributed by atoms with E-state index in [1.54, 1.807) is 0 Å². The van der Waals surface area contributed by atoms with E-state index in [4.69, 9.17) is 32.3 Å². The molecule has 0 heterocycles. The number of hydrogen-bond donors (Lipinski definition) is 4. The molecule has 16 nitrogen and oxygen atoms in total. The van der Waals surface area contributed by atoms with E-state index in [0.29, 0.717) is 19.3 Å². The summed E-state index contributed by atoms with van der Waals surface area (Å²) >= 11 is 0. The second-order valence-electron chi connectivity index (χ2n) is 28.5. The number of phosphoric acid groups is 2. The molecule has 0 aromatic carbocycles. The minimum Gasteiger partial charge on any atom is -0.463 e. The topological polar surface area (TPSA) is 231 Å². The maximum Gasteiger partial charge on any atom is 0.472 e. The van der Waals surface area contributed by atoms with E-state index in [0.717, 1.165) is 231 Å². The zero-order chi connectivity index (χ0) is 83.6. The van der Waals surface area contributed by atoms with Crippen LogP contribution in [0.25, 0.3) is 0 Å². The summed E-state index contributed by atoms with van der Waals surface area (Å²) in [5, 5.41) is 20.7. The van der Waals surface area contributed by atoms with E-state index in [1.807, 2.05) is 0 Å². The number of rotatable bonds is 81. The molecule has 0 saturated heterocycles. The van der Waals surface area contributed by atoms with Gasteiger partial charge in [-0.15, -0.1) is 0 Å². The van der Waals surface area contributed by atoms with Crippen molar-refractivity contribution in [1.29, 1.82) is 0 Å². The number of carbonyl (C=O) groups excluding carboxylic acids is 3. The van der Waals surface area contributed by atoms with Gasteiger partial charge >= 0.3 is 33.6 Å². The van der Waals surface area contributed by atoms with Crippen molar-refractivity contribution in [1.82, 2.24) is 0 Å². The SMILES string of the molecule is CC/C=C\C/C=C\C/C=C\C/C=C\C/C=C\C/C=C\CCCCCCCCCCC(=O)OCC(O)COP(=O)(O)OCC(O)COP(=O)(O)OCC(COC(=O)CCCCCCCCCC/C=C\C/C=C\C/C=C\C/C=C\C/C=C\C/C=C\CC)OC(=O)CCCCCCCC/C=C\C/C=C\C/C=C\C/C=C\C/C=C\C/C=C\CC. The normalized spacial score (nSPS) is 14.9. The number of unbranched alkanes of at least 4 members (excludes halogenated alkanes) is 22. The van der Waals surface area contributed by atoms with Crippen molar-refractivity contribution in [2.24, 2.45) is 0 Å². The van der Waals surface area contributed by atoms with Crippen molar-refractivity contribution in [3.8, 4) is 0 Å². The highest BCUT2D eigenvalue weighted by Crippen LogP contribution is 2.45. The minimum absolute atomic E-state index is 0.0755. The molecule has 0 aromatic heterocycles. The summed E-state index contributed by atoms with van der Waals surface area (Å²) in [4.78, 5) is 59.0. The molecule has 0 amide bonds. The van der Waals surface area contributed by atoms with Crippen LogP contribution in [0.5, 0.6) is 0 Å². The van der Waals surface area contributed by atoms with Crippen LogP contribution < -0.4 is 0 Å². The van der Waals surface area contributed by atoms with E-state index < -0.39 is 91.5 Å². The Kier molecular flexibility index (Phi) is 82.5. The third-order valence-corrected chi connectivity index (χ3v) is 19.6. The van der Waals surface area contributed by atoms with Crippen LogP contribution in [-0.2, 0) is 55.8 Å². The summed E-state index contributed by atoms with van der Waals surface area (Å²) in [7, 11) is -9.83. The zero-order valence-electron chi connectivity index (χ0n) is 71.4. The number of ether oxygens (including phenoxy) is 3. The van der Waals surface area contributed by atoms with Gasteiger partial charge in [0.25, 0.3) is 0 Å². The second kappa shape index (κ2) is 87.2. The average Bonchev–Trinajstić information content (AvgIpc) is 0.908. The van der Waals surface area contributed by atoms with E-state index in [1.165, 1.54) is 25.7 Å². The molecule has 115 heavy (non-hydrogen) atoms. The molecule has 650 valence electrons. The van der Waals surface area contributed by atoms with Crippen molar-refractivity contribution in [2.75, 3.05) is 39.6 Å². The Morgan fingerprint density at radius 1 is 0.243 bits per heavy atom. The molecule has 0 spiro atoms. The fraction of sp³-hybridized carbons (Fsp3) is 0.598. The van der Waals surface area contributed by atoms with E-state index >= 15 is 0 Å². The molecule has 0 saturated carbocycles. The number of aliphatic hydroxyl groups is 2. The van der Waals surface area contributed by atoms with E-state index in [9.17, 15) is 43.5 Å². The fourth-order valence-electron chi connectivity index (χ4n) is 11.1. The lowest BCUT2D eigenvalue weighted by Crippen LogP contribution is -2.30. The lowest BCUT2D eigenvalue weighted by molar-refractivity contribution is -0.161. The average molecular weight is 1640 g/mol. The molecular formula is C97H156O16P2. The molecule has 0 aliphatic carbocycles. The number of aliphatic hydroxyl groups excluding tert-OH is 2. The predicted molar refractivity (Wildman–Crippen MR) is 481 cm³/mol. The van der Waals surface area contributed by atoms with Crippen LogP contribution in [0.1, 0.15) is 316 Å². The molecule has 0 bridgehead atoms. The van der Waals surface area contributed by atoms with Crippen LogP contribution in [0, 0.1) is 0 Å². The third kappa shape index (κ3) is 88.5. The zero-order valence-corrected chi connectivity index (χ0v) is 73.2. The van der Waals surface area contributed by atoms with Crippen molar-refractivity contribution in [3.05, 3.63) is 219 Å². The summed E-state index contributed by atoms with van der Waals surface area (Å²) < 4.78 is 61.4. The first-order chi connectivity index (χ1) is 56.2. The molecule has 4 N–H and O–H groups in total. The van der Waals surface area contributed by atoms with Crippen LogP contribution in [0.15, 0.2) is 219 Å². The smallest absolute Gasteiger partial charge is 0.463 e. The molecule has 18 heteroatoms. The van der Waals surface area contributed by atoms with Gasteiger partial charge in [-0.2, -0.15) is 0 Å². The summed E-state index contributed by atoms with van der Waals surface area (Å²) in [5.41, 5.74) is 0. The Morgan fingerprint density at radius 2 is 0.435 bits per heavy atom. The molecule has 0 aliphatic heterocycles. The third-order valence-electron chi connectivity index (χ3n) is 17.7. The quantitative estimate of drug-likeness (QED) is 0.0146. The molecule has 5 unspecified atom stereocenters. The van der Waals surface area contributed by atoms with Crippen LogP contribution >= 0.6 is 15.6 Å². The number of hydrogen-bond acceptors (Lipinski definition) is 14. The predicted octanol–water partition coefficient (Wildman–Crippen LogP) is 27.0. The molecule has 0 radical (unpaired) electrons. The Bertz CT molecular complexity index is 2970. The largest absolute Gasteiger partial charge is 0.472 e. The Balaban J connectivity index is 4.76. The van der Waals surface area contributed by atoms with Gasteiger partial charge in [0, 0.05) is 19.3 Å². The maximum atomic E-state index is 13.1. The fourth-order valence-corrected chi connectivity index (χ4v) is 12.7. The van der Waals surface area contributed by atoms with Gasteiger partial charge in [0.1, 0.15) is 25.4 Å². The Morgan fingerprint density at radius 3 is 0.687 bits per heavy atom. The maximum absolute atomic E-state index is 13.1. The van der Waals surface area contributed by atoms with Crippen LogP contribution in [0.4, 0.5) is 0 Å². The molecule has 0 aromatic rings. The summed E-state index contributed by atoms with van der Waals surface area (Å²) in [6, 6.07) is 0. The number of carbonyl (C=O) groups is 3. The van der Waals surface area contributed by atoms with Crippen LogP contribution in [-0.4, -0.2) is 95.9 Å². The highest BCUT2D eigenvalue weighted by Gasteiger charge is 2.29. The van der Waals surface area contributed by atoms with Gasteiger partial charge in [-0.25, -0.2) is 9.13 Å². The van der Waals surface area contributed by atoms with Gasteiger partial charge < -0.3 is 34.2 Å². The molecular weight excluding hydrogens is 1480 g/mol. The Labute approximate surface area is 698 Å². The first-order valence-corrected chi connectivity index (χ1v) is 47.0. The highest BCUT2D eigenvalue weighted by atomic mass is 31.2. The Hall–Kier alpha value is -6.13. The van der Waals surface area contributed by atoms with Gasteiger partial charge in [0.15, 0.2) is 6.10 Å². The number of phosphoric ester groups is 2. The summed E-state index contributed by atoms with van der Waals surface area (Å²) in [5.74, 6) is -1.62. The molecule has 0 fully saturated rings. The van der Waals surface area contributed by atoms with E-state index in [-0.39, 0.29) is 19.3 Å². The van der Waals surface area contributed by atoms with Crippen LogP contribution in [0.2, 0.25) is 0 Å². The van der Waals surface area contributed by atoms with Gasteiger partial charge in [-0.3, -0.25) is 32.5 Å². The number of allylic oxidation sites excluding steroid dienone is 36. The summed E-state index contributed by atoms with van der Waals surface area (Å²) in [6.45, 7) is 2.30. The minimum atomic E-state index is -4.96. The molecule has 0 rings (SSSR count).